The summed E-state index contributed by atoms with van der Waals surface area (Å²) in [5, 5.41) is 4.17. The third-order valence-corrected chi connectivity index (χ3v) is 4.95. The van der Waals surface area contributed by atoms with E-state index in [0.717, 1.165) is 26.1 Å². The number of nitrogens with zero attached hydrogens (tertiary/aromatic N) is 6. The van der Waals surface area contributed by atoms with E-state index in [1.807, 2.05) is 9.58 Å². The zero-order chi connectivity index (χ0) is 16.9. The van der Waals surface area contributed by atoms with Crippen LogP contribution in [-0.2, 0) is 16.1 Å². The van der Waals surface area contributed by atoms with Crippen LogP contribution in [0, 0.1) is 5.92 Å². The van der Waals surface area contributed by atoms with Crippen molar-refractivity contribution in [1.82, 2.24) is 29.5 Å². The predicted octanol–water partition coefficient (Wildman–Crippen LogP) is -0.319. The quantitative estimate of drug-likeness (QED) is 0.754. The average Bonchev–Trinajstić information content (AvgIpc) is 3.08. The molecule has 2 fully saturated rings. The normalized spacial score (nSPS) is 22.6. The number of amides is 2. The number of piperidine rings is 1. The van der Waals surface area contributed by atoms with Gasteiger partial charge in [0.25, 0.3) is 0 Å². The Morgan fingerprint density at radius 1 is 1.12 bits per heavy atom. The van der Waals surface area contributed by atoms with Crippen LogP contribution in [0.5, 0.6) is 0 Å². The highest BCUT2D eigenvalue weighted by Crippen LogP contribution is 2.18. The summed E-state index contributed by atoms with van der Waals surface area (Å²) in [7, 11) is 0. The minimum absolute atomic E-state index is 0.0917. The maximum Gasteiger partial charge on any atom is 0.236 e. The zero-order valence-electron chi connectivity index (χ0n) is 14.3. The van der Waals surface area contributed by atoms with Crippen LogP contribution < -0.4 is 0 Å². The van der Waals surface area contributed by atoms with Crippen molar-refractivity contribution >= 4 is 11.8 Å². The van der Waals surface area contributed by atoms with E-state index in [0.29, 0.717) is 38.6 Å². The third-order valence-electron chi connectivity index (χ3n) is 4.95. The average molecular weight is 334 g/mol. The Morgan fingerprint density at radius 3 is 2.54 bits per heavy atom. The van der Waals surface area contributed by atoms with Gasteiger partial charge in [0, 0.05) is 46.2 Å². The Hall–Kier alpha value is -1.96. The molecule has 0 saturated carbocycles. The number of rotatable bonds is 4. The molecule has 0 aliphatic carbocycles. The van der Waals surface area contributed by atoms with Gasteiger partial charge in [-0.3, -0.25) is 19.2 Å². The Morgan fingerprint density at radius 2 is 1.88 bits per heavy atom. The van der Waals surface area contributed by atoms with E-state index in [1.54, 1.807) is 24.5 Å². The van der Waals surface area contributed by atoms with Gasteiger partial charge in [0.15, 0.2) is 0 Å². The van der Waals surface area contributed by atoms with Crippen molar-refractivity contribution in [3.05, 3.63) is 12.7 Å². The molecule has 2 aliphatic rings. The van der Waals surface area contributed by atoms with Crippen LogP contribution in [-0.4, -0.2) is 87.1 Å². The van der Waals surface area contributed by atoms with Crippen LogP contribution in [0.4, 0.5) is 0 Å². The summed E-state index contributed by atoms with van der Waals surface area (Å²) in [6, 6.07) is 0. The molecule has 132 valence electrons. The van der Waals surface area contributed by atoms with E-state index in [-0.39, 0.29) is 11.8 Å². The molecule has 0 spiro atoms. The van der Waals surface area contributed by atoms with E-state index in [1.165, 1.54) is 6.42 Å². The second-order valence-electron chi connectivity index (χ2n) is 6.75. The minimum Gasteiger partial charge on any atom is -0.339 e. The second-order valence-corrected chi connectivity index (χ2v) is 6.75. The molecule has 0 radical (unpaired) electrons. The molecule has 0 N–H and O–H groups in total. The summed E-state index contributed by atoms with van der Waals surface area (Å²) in [4.78, 5) is 33.8. The first-order valence-electron chi connectivity index (χ1n) is 8.70. The molecular weight excluding hydrogens is 308 g/mol. The van der Waals surface area contributed by atoms with Crippen molar-refractivity contribution in [2.75, 3.05) is 45.8 Å². The van der Waals surface area contributed by atoms with E-state index in [4.69, 9.17) is 0 Å². The van der Waals surface area contributed by atoms with E-state index < -0.39 is 0 Å². The van der Waals surface area contributed by atoms with Crippen molar-refractivity contribution in [3.8, 4) is 0 Å². The molecule has 1 atom stereocenters. The van der Waals surface area contributed by atoms with Gasteiger partial charge in [0.05, 0.1) is 6.54 Å². The number of hydrogen-bond acceptors (Lipinski definition) is 5. The van der Waals surface area contributed by atoms with Gasteiger partial charge in [-0.15, -0.1) is 0 Å². The van der Waals surface area contributed by atoms with Crippen molar-refractivity contribution in [1.29, 1.82) is 0 Å². The molecule has 8 nitrogen and oxygen atoms in total. The molecule has 8 heteroatoms. The standard InChI is InChI=1S/C16H26N6O2/c1-14(23)20-5-7-21(8-6-20)16(24)11-19-4-2-3-15(9-19)10-22-13-17-12-18-22/h12-13,15H,2-11H2,1H3. The summed E-state index contributed by atoms with van der Waals surface area (Å²) < 4.78 is 1.87. The van der Waals surface area contributed by atoms with Crippen LogP contribution in [0.3, 0.4) is 0 Å². The van der Waals surface area contributed by atoms with Gasteiger partial charge in [0.1, 0.15) is 12.7 Å². The molecule has 1 aromatic heterocycles. The van der Waals surface area contributed by atoms with E-state index in [9.17, 15) is 9.59 Å². The van der Waals surface area contributed by atoms with E-state index >= 15 is 0 Å². The lowest BCUT2D eigenvalue weighted by atomic mass is 9.98. The molecule has 2 aliphatic heterocycles. The van der Waals surface area contributed by atoms with Crippen LogP contribution in [0.1, 0.15) is 19.8 Å². The summed E-state index contributed by atoms with van der Waals surface area (Å²) >= 11 is 0. The first-order valence-corrected chi connectivity index (χ1v) is 8.70. The smallest absolute Gasteiger partial charge is 0.236 e. The number of carbonyl (C=O) groups is 2. The number of aromatic nitrogens is 3. The summed E-state index contributed by atoms with van der Waals surface area (Å²) in [5.41, 5.74) is 0. The molecule has 2 saturated heterocycles. The van der Waals surface area contributed by atoms with Crippen LogP contribution in [0.25, 0.3) is 0 Å². The first-order chi connectivity index (χ1) is 11.6. The van der Waals surface area contributed by atoms with Crippen LogP contribution >= 0.6 is 0 Å². The SMILES string of the molecule is CC(=O)N1CCN(C(=O)CN2CCCC(Cn3cncn3)C2)CC1. The fraction of sp³-hybridized carbons (Fsp3) is 0.750. The lowest BCUT2D eigenvalue weighted by molar-refractivity contribution is -0.139. The summed E-state index contributed by atoms with van der Waals surface area (Å²) in [6.45, 7) is 7.43. The summed E-state index contributed by atoms with van der Waals surface area (Å²) in [5.74, 6) is 0.788. The molecule has 1 aromatic rings. The Labute approximate surface area is 142 Å². The van der Waals surface area contributed by atoms with Gasteiger partial charge in [-0.1, -0.05) is 0 Å². The summed E-state index contributed by atoms with van der Waals surface area (Å²) in [6.07, 6.45) is 5.59. The second kappa shape index (κ2) is 7.74. The molecule has 0 bridgehead atoms. The van der Waals surface area contributed by atoms with Crippen LogP contribution in [0.15, 0.2) is 12.7 Å². The molecule has 0 aromatic carbocycles. The van der Waals surface area contributed by atoms with Gasteiger partial charge in [-0.2, -0.15) is 5.10 Å². The van der Waals surface area contributed by atoms with Gasteiger partial charge in [-0.25, -0.2) is 4.98 Å². The molecule has 3 rings (SSSR count). The lowest BCUT2D eigenvalue weighted by Crippen LogP contribution is -2.53. The molecular formula is C16H26N6O2. The number of likely N-dealkylation sites (tertiary alicyclic amines) is 1. The molecule has 1 unspecified atom stereocenters. The molecule has 2 amide bonds. The fourth-order valence-electron chi connectivity index (χ4n) is 3.60. The lowest BCUT2D eigenvalue weighted by Gasteiger charge is -2.37. The zero-order valence-corrected chi connectivity index (χ0v) is 14.3. The number of carbonyl (C=O) groups excluding carboxylic acids is 2. The predicted molar refractivity (Wildman–Crippen MR) is 88.0 cm³/mol. The third kappa shape index (κ3) is 4.31. The van der Waals surface area contributed by atoms with Gasteiger partial charge >= 0.3 is 0 Å². The highest BCUT2D eigenvalue weighted by molar-refractivity contribution is 5.79. The molecule has 3 heterocycles. The van der Waals surface area contributed by atoms with Crippen molar-refractivity contribution in [3.63, 3.8) is 0 Å². The number of piperazine rings is 1. The van der Waals surface area contributed by atoms with Crippen molar-refractivity contribution in [2.45, 2.75) is 26.3 Å². The van der Waals surface area contributed by atoms with Gasteiger partial charge in [0.2, 0.25) is 11.8 Å². The first kappa shape index (κ1) is 16.9. The fourth-order valence-corrected chi connectivity index (χ4v) is 3.60. The Bertz CT molecular complexity index is 553. The molecule has 24 heavy (non-hydrogen) atoms. The maximum atomic E-state index is 12.5. The van der Waals surface area contributed by atoms with Crippen molar-refractivity contribution in [2.24, 2.45) is 5.92 Å². The van der Waals surface area contributed by atoms with Gasteiger partial charge in [-0.05, 0) is 25.3 Å². The Balaban J connectivity index is 1.45. The largest absolute Gasteiger partial charge is 0.339 e. The van der Waals surface area contributed by atoms with Crippen molar-refractivity contribution < 1.29 is 9.59 Å². The topological polar surface area (TPSA) is 74.6 Å². The minimum atomic E-state index is 0.0917. The highest BCUT2D eigenvalue weighted by Gasteiger charge is 2.26. The van der Waals surface area contributed by atoms with Gasteiger partial charge < -0.3 is 9.80 Å². The van der Waals surface area contributed by atoms with Crippen LogP contribution in [0.2, 0.25) is 0 Å². The maximum absolute atomic E-state index is 12.5. The monoisotopic (exact) mass is 334 g/mol. The highest BCUT2D eigenvalue weighted by atomic mass is 16.2. The Kier molecular flexibility index (Phi) is 5.44. The van der Waals surface area contributed by atoms with E-state index in [2.05, 4.69) is 15.0 Å². The number of hydrogen-bond donors (Lipinski definition) is 0.